The van der Waals surface area contributed by atoms with Crippen LogP contribution in [0.3, 0.4) is 0 Å². The number of hydrogen-bond acceptors (Lipinski definition) is 3. The quantitative estimate of drug-likeness (QED) is 0.409. The third-order valence-electron chi connectivity index (χ3n) is 1.15. The maximum Gasteiger partial charge on any atom is 0.241 e. The summed E-state index contributed by atoms with van der Waals surface area (Å²) in [6.45, 7) is 6.03. The van der Waals surface area contributed by atoms with E-state index in [4.69, 9.17) is 17.1 Å². The second-order valence-electron chi connectivity index (χ2n) is 2.29. The van der Waals surface area contributed by atoms with Crippen molar-refractivity contribution in [1.29, 1.82) is 0 Å². The molecule has 0 saturated carbocycles. The summed E-state index contributed by atoms with van der Waals surface area (Å²) in [7, 11) is 0. The molecule has 0 aromatic heterocycles. The first-order valence-corrected chi connectivity index (χ1v) is 4.72. The van der Waals surface area contributed by atoms with Gasteiger partial charge in [-0.15, -0.1) is 5.06 Å². The van der Waals surface area contributed by atoms with Crippen LogP contribution < -0.4 is 0 Å². The predicted octanol–water partition coefficient (Wildman–Crippen LogP) is 2.25. The third kappa shape index (κ3) is 6.59. The fourth-order valence-corrected chi connectivity index (χ4v) is 1.03. The van der Waals surface area contributed by atoms with E-state index in [1.54, 1.807) is 0 Å². The molecule has 66 valence electrons. The zero-order valence-corrected chi connectivity index (χ0v) is 8.75. The van der Waals surface area contributed by atoms with Crippen LogP contribution in [-0.4, -0.2) is 22.5 Å². The van der Waals surface area contributed by atoms with Crippen LogP contribution in [0, 0.1) is 0 Å². The van der Waals surface area contributed by atoms with E-state index in [1.807, 2.05) is 5.06 Å². The van der Waals surface area contributed by atoms with Crippen LogP contribution in [0.2, 0.25) is 0 Å². The lowest BCUT2D eigenvalue weighted by atomic mass is 10.4. The molecule has 4 heteroatoms. The van der Waals surface area contributed by atoms with Crippen LogP contribution in [0.1, 0.15) is 26.7 Å². The number of rotatable bonds is 5. The summed E-state index contributed by atoms with van der Waals surface area (Å²) in [5.74, 6) is 0. The number of thiocarbonyl (C=S) groups is 1. The van der Waals surface area contributed by atoms with E-state index in [-0.39, 0.29) is 0 Å². The van der Waals surface area contributed by atoms with E-state index < -0.39 is 0 Å². The number of hydroxylamine groups is 2. The molecular weight excluding hydrogens is 178 g/mol. The fourth-order valence-electron chi connectivity index (χ4n) is 0.812. The van der Waals surface area contributed by atoms with Gasteiger partial charge in [0.2, 0.25) is 4.38 Å². The molecule has 0 bridgehead atoms. The minimum absolute atomic E-state index is 0.298. The van der Waals surface area contributed by atoms with Crippen LogP contribution in [0.25, 0.3) is 0 Å². The van der Waals surface area contributed by atoms with Gasteiger partial charge in [0.15, 0.2) is 0 Å². The Bertz CT molecular complexity index is 113. The highest BCUT2D eigenvalue weighted by molar-refractivity contribution is 8.10. The van der Waals surface area contributed by atoms with Gasteiger partial charge in [-0.2, -0.15) is 0 Å². The third-order valence-corrected chi connectivity index (χ3v) is 1.31. The lowest BCUT2D eigenvalue weighted by Crippen LogP contribution is -2.26. The van der Waals surface area contributed by atoms with Gasteiger partial charge in [-0.05, 0) is 25.1 Å². The van der Waals surface area contributed by atoms with Crippen LogP contribution >= 0.6 is 24.8 Å². The van der Waals surface area contributed by atoms with Crippen molar-refractivity contribution in [1.82, 2.24) is 5.06 Å². The second kappa shape index (κ2) is 6.88. The van der Waals surface area contributed by atoms with Crippen LogP contribution in [-0.2, 0) is 4.84 Å². The molecule has 0 aliphatic carbocycles. The lowest BCUT2D eigenvalue weighted by molar-refractivity contribution is -0.0649. The van der Waals surface area contributed by atoms with Gasteiger partial charge in [0, 0.05) is 13.1 Å². The van der Waals surface area contributed by atoms with Crippen molar-refractivity contribution in [2.24, 2.45) is 0 Å². The van der Waals surface area contributed by atoms with Gasteiger partial charge in [-0.3, -0.25) is 0 Å². The summed E-state index contributed by atoms with van der Waals surface area (Å²) in [4.78, 5) is 5.16. The minimum atomic E-state index is 0.298. The molecule has 0 amide bonds. The van der Waals surface area contributed by atoms with Crippen molar-refractivity contribution in [2.75, 3.05) is 13.1 Å². The molecule has 0 saturated heterocycles. The van der Waals surface area contributed by atoms with Crippen LogP contribution in [0.15, 0.2) is 0 Å². The van der Waals surface area contributed by atoms with Gasteiger partial charge in [0.25, 0.3) is 0 Å². The molecule has 0 aromatic carbocycles. The Hall–Kier alpha value is 0.200. The van der Waals surface area contributed by atoms with Gasteiger partial charge in [0.05, 0.1) is 0 Å². The molecule has 0 unspecified atom stereocenters. The molecule has 0 atom stereocenters. The van der Waals surface area contributed by atoms with Gasteiger partial charge in [-0.25, -0.2) is 0 Å². The molecule has 11 heavy (non-hydrogen) atoms. The molecule has 0 aromatic rings. The molecule has 0 fully saturated rings. The number of nitrogens with zero attached hydrogens (tertiary/aromatic N) is 1. The van der Waals surface area contributed by atoms with Crippen molar-refractivity contribution < 1.29 is 4.84 Å². The Morgan fingerprint density at radius 3 is 2.09 bits per heavy atom. The molecule has 0 N–H and O–H groups in total. The predicted molar refractivity (Wildman–Crippen MR) is 54.8 cm³/mol. The van der Waals surface area contributed by atoms with E-state index in [0.29, 0.717) is 4.38 Å². The lowest BCUT2D eigenvalue weighted by Gasteiger charge is -2.19. The van der Waals surface area contributed by atoms with E-state index >= 15 is 0 Å². The average molecular weight is 193 g/mol. The number of hydrogen-bond donors (Lipinski definition) is 1. The second-order valence-corrected chi connectivity index (χ2v) is 3.37. The fraction of sp³-hybridized carbons (Fsp3) is 0.857. The summed E-state index contributed by atoms with van der Waals surface area (Å²) >= 11 is 8.59. The average Bonchev–Trinajstić information content (AvgIpc) is 1.87. The Morgan fingerprint density at radius 2 is 1.82 bits per heavy atom. The van der Waals surface area contributed by atoms with Crippen molar-refractivity contribution in [3.8, 4) is 0 Å². The van der Waals surface area contributed by atoms with Crippen molar-refractivity contribution in [3.05, 3.63) is 0 Å². The Morgan fingerprint density at radius 1 is 1.36 bits per heavy atom. The Kier molecular flexibility index (Phi) is 7.01. The summed E-state index contributed by atoms with van der Waals surface area (Å²) in [5.41, 5.74) is 0. The highest BCUT2D eigenvalue weighted by atomic mass is 32.1. The van der Waals surface area contributed by atoms with E-state index in [2.05, 4.69) is 26.5 Å². The highest BCUT2D eigenvalue weighted by Crippen LogP contribution is 1.98. The molecule has 0 heterocycles. The normalized spacial score (nSPS) is 10.2. The zero-order chi connectivity index (χ0) is 8.69. The van der Waals surface area contributed by atoms with Gasteiger partial charge in [0.1, 0.15) is 0 Å². The van der Waals surface area contributed by atoms with E-state index in [0.717, 1.165) is 25.9 Å². The number of thiol groups is 1. The first-order valence-electron chi connectivity index (χ1n) is 3.86. The molecule has 2 nitrogen and oxygen atoms in total. The maximum atomic E-state index is 5.16. The van der Waals surface area contributed by atoms with Gasteiger partial charge >= 0.3 is 0 Å². The molecular formula is C7H15NOS2. The molecule has 0 rings (SSSR count). The van der Waals surface area contributed by atoms with Gasteiger partial charge in [-0.1, -0.05) is 26.5 Å². The van der Waals surface area contributed by atoms with Crippen molar-refractivity contribution in [2.45, 2.75) is 26.7 Å². The molecule has 0 aliphatic heterocycles. The zero-order valence-electron chi connectivity index (χ0n) is 7.04. The first kappa shape index (κ1) is 11.2. The van der Waals surface area contributed by atoms with E-state index in [9.17, 15) is 0 Å². The van der Waals surface area contributed by atoms with Crippen LogP contribution in [0.4, 0.5) is 0 Å². The standard InChI is InChI=1S/C7H15NOS2/c1-3-5-8(6-4-2)9-7(10)11/h3-6H2,1-2H3,(H,10,11). The largest absolute Gasteiger partial charge is 0.387 e. The Balaban J connectivity index is 3.59. The molecule has 0 spiro atoms. The van der Waals surface area contributed by atoms with Crippen molar-refractivity contribution >= 4 is 29.2 Å². The summed E-state index contributed by atoms with van der Waals surface area (Å²) in [5, 5.41) is 1.84. The minimum Gasteiger partial charge on any atom is -0.387 e. The summed E-state index contributed by atoms with van der Waals surface area (Å²) in [6, 6.07) is 0. The van der Waals surface area contributed by atoms with Gasteiger partial charge < -0.3 is 4.84 Å². The summed E-state index contributed by atoms with van der Waals surface area (Å²) < 4.78 is 0.298. The monoisotopic (exact) mass is 193 g/mol. The highest BCUT2D eigenvalue weighted by Gasteiger charge is 2.03. The summed E-state index contributed by atoms with van der Waals surface area (Å²) in [6.07, 6.45) is 2.13. The maximum absolute atomic E-state index is 5.16. The molecule has 0 aliphatic rings. The SMILES string of the molecule is CCCN(CCC)OC(=S)S. The van der Waals surface area contributed by atoms with Crippen LogP contribution in [0.5, 0.6) is 0 Å². The smallest absolute Gasteiger partial charge is 0.241 e. The Labute approximate surface area is 79.3 Å². The topological polar surface area (TPSA) is 12.5 Å². The van der Waals surface area contributed by atoms with Crippen molar-refractivity contribution in [3.63, 3.8) is 0 Å². The van der Waals surface area contributed by atoms with E-state index in [1.165, 1.54) is 0 Å². The first-order chi connectivity index (χ1) is 5.20. The molecule has 0 radical (unpaired) electrons.